The summed E-state index contributed by atoms with van der Waals surface area (Å²) < 4.78 is 0. The van der Waals surface area contributed by atoms with Crippen LogP contribution in [0.3, 0.4) is 0 Å². The van der Waals surface area contributed by atoms with E-state index in [1.165, 1.54) is 20.3 Å². The summed E-state index contributed by atoms with van der Waals surface area (Å²) in [6.45, 7) is 6.45. The number of benzene rings is 2. The standard InChI is InChI=1S/C20H23S/c1-4-6-10-18(5-2)21(19-11-8-7-9-12-19)20-15-13-17(3)14-16-20/h4,6-16H,5H2,1-3H3/q+1/b6-4-,18-10+. The van der Waals surface area contributed by atoms with Gasteiger partial charge in [0, 0.05) is 6.42 Å². The maximum atomic E-state index is 2.27. The summed E-state index contributed by atoms with van der Waals surface area (Å²) >= 11 is 0. The molecule has 0 aliphatic heterocycles. The van der Waals surface area contributed by atoms with E-state index >= 15 is 0 Å². The third kappa shape index (κ3) is 4.12. The smallest absolute Gasteiger partial charge is 0.0875 e. The topological polar surface area (TPSA) is 0 Å². The molecule has 0 bridgehead atoms. The molecule has 2 aromatic rings. The van der Waals surface area contributed by atoms with Crippen molar-refractivity contribution in [1.82, 2.24) is 0 Å². The molecule has 0 aliphatic carbocycles. The van der Waals surface area contributed by atoms with Crippen molar-refractivity contribution in [2.24, 2.45) is 0 Å². The van der Waals surface area contributed by atoms with Crippen molar-refractivity contribution in [2.75, 3.05) is 0 Å². The first kappa shape index (κ1) is 15.7. The van der Waals surface area contributed by atoms with Crippen molar-refractivity contribution >= 4 is 10.9 Å². The van der Waals surface area contributed by atoms with Gasteiger partial charge in [-0.1, -0.05) is 55.0 Å². The van der Waals surface area contributed by atoms with Crippen LogP contribution >= 0.6 is 0 Å². The van der Waals surface area contributed by atoms with Gasteiger partial charge in [-0.15, -0.1) is 0 Å². The van der Waals surface area contributed by atoms with Gasteiger partial charge in [0.25, 0.3) is 0 Å². The largest absolute Gasteiger partial charge is 0.166 e. The average Bonchev–Trinajstić information content (AvgIpc) is 2.53. The second kappa shape index (κ2) is 7.90. The Bertz CT molecular complexity index is 606. The molecule has 0 aromatic heterocycles. The van der Waals surface area contributed by atoms with Crippen molar-refractivity contribution in [2.45, 2.75) is 37.0 Å². The van der Waals surface area contributed by atoms with Crippen LogP contribution in [0, 0.1) is 6.92 Å². The minimum absolute atomic E-state index is 0.0110. The fraction of sp³-hybridized carbons (Fsp3) is 0.200. The van der Waals surface area contributed by atoms with E-state index in [2.05, 4.69) is 93.6 Å². The first-order valence-corrected chi connectivity index (χ1v) is 8.66. The van der Waals surface area contributed by atoms with Crippen molar-refractivity contribution in [3.8, 4) is 0 Å². The summed E-state index contributed by atoms with van der Waals surface area (Å²) in [5.74, 6) is 0. The van der Waals surface area contributed by atoms with Crippen molar-refractivity contribution < 1.29 is 0 Å². The Balaban J connectivity index is 2.51. The van der Waals surface area contributed by atoms with Gasteiger partial charge in [-0.2, -0.15) is 0 Å². The quantitative estimate of drug-likeness (QED) is 0.476. The van der Waals surface area contributed by atoms with E-state index in [-0.39, 0.29) is 10.9 Å². The van der Waals surface area contributed by atoms with Crippen LogP contribution in [0.5, 0.6) is 0 Å². The number of rotatable bonds is 5. The Kier molecular flexibility index (Phi) is 5.89. The second-order valence-corrected chi connectivity index (χ2v) is 7.02. The maximum absolute atomic E-state index is 2.27. The summed E-state index contributed by atoms with van der Waals surface area (Å²) in [6.07, 6.45) is 7.58. The minimum Gasteiger partial charge on any atom is -0.0875 e. The molecule has 21 heavy (non-hydrogen) atoms. The van der Waals surface area contributed by atoms with E-state index in [4.69, 9.17) is 0 Å². The fourth-order valence-corrected chi connectivity index (χ4v) is 4.42. The molecule has 0 spiro atoms. The molecule has 1 unspecified atom stereocenters. The molecule has 1 atom stereocenters. The van der Waals surface area contributed by atoms with Crippen LogP contribution in [-0.2, 0) is 10.9 Å². The van der Waals surface area contributed by atoms with E-state index in [9.17, 15) is 0 Å². The molecule has 108 valence electrons. The van der Waals surface area contributed by atoms with E-state index in [0.717, 1.165) is 6.42 Å². The van der Waals surface area contributed by atoms with E-state index < -0.39 is 0 Å². The molecule has 0 nitrogen and oxygen atoms in total. The van der Waals surface area contributed by atoms with Crippen molar-refractivity contribution in [3.05, 3.63) is 83.3 Å². The van der Waals surface area contributed by atoms with E-state index in [1.54, 1.807) is 0 Å². The number of hydrogen-bond acceptors (Lipinski definition) is 0. The average molecular weight is 295 g/mol. The van der Waals surface area contributed by atoms with Gasteiger partial charge in [0.05, 0.1) is 10.9 Å². The lowest BCUT2D eigenvalue weighted by Gasteiger charge is -2.10. The highest BCUT2D eigenvalue weighted by Crippen LogP contribution is 2.32. The molecule has 1 heteroatoms. The molecule has 0 heterocycles. The van der Waals surface area contributed by atoms with Crippen molar-refractivity contribution in [1.29, 1.82) is 0 Å². The molecule has 2 rings (SSSR count). The third-order valence-corrected chi connectivity index (χ3v) is 5.76. The Morgan fingerprint density at radius 1 is 0.952 bits per heavy atom. The van der Waals surface area contributed by atoms with Gasteiger partial charge in [-0.3, -0.25) is 0 Å². The minimum atomic E-state index is 0.0110. The van der Waals surface area contributed by atoms with Gasteiger partial charge in [0.1, 0.15) is 4.91 Å². The molecule has 0 saturated heterocycles. The summed E-state index contributed by atoms with van der Waals surface area (Å²) in [7, 11) is 0.0110. The molecule has 0 saturated carbocycles. The molecule has 0 fully saturated rings. The summed E-state index contributed by atoms with van der Waals surface area (Å²) in [5.41, 5.74) is 1.31. The zero-order valence-corrected chi connectivity index (χ0v) is 13.9. The molecular weight excluding hydrogens is 272 g/mol. The highest BCUT2D eigenvalue weighted by molar-refractivity contribution is 8.00. The molecular formula is C20H23S+. The zero-order chi connectivity index (χ0) is 15.1. The fourth-order valence-electron chi connectivity index (χ4n) is 2.20. The lowest BCUT2D eigenvalue weighted by atomic mass is 10.2. The predicted octanol–water partition coefficient (Wildman–Crippen LogP) is 5.90. The van der Waals surface area contributed by atoms with Gasteiger partial charge in [0.15, 0.2) is 9.79 Å². The first-order chi connectivity index (χ1) is 10.3. The molecule has 0 aliphatic rings. The monoisotopic (exact) mass is 295 g/mol. The second-order valence-electron chi connectivity index (χ2n) is 4.94. The molecule has 0 radical (unpaired) electrons. The van der Waals surface area contributed by atoms with Crippen LogP contribution < -0.4 is 0 Å². The van der Waals surface area contributed by atoms with E-state index in [0.29, 0.717) is 0 Å². The van der Waals surface area contributed by atoms with Gasteiger partial charge in [-0.25, -0.2) is 0 Å². The zero-order valence-electron chi connectivity index (χ0n) is 13.0. The Morgan fingerprint density at radius 2 is 1.57 bits per heavy atom. The maximum Gasteiger partial charge on any atom is 0.166 e. The Morgan fingerprint density at radius 3 is 2.14 bits per heavy atom. The van der Waals surface area contributed by atoms with Crippen LogP contribution in [0.1, 0.15) is 25.8 Å². The van der Waals surface area contributed by atoms with Crippen LogP contribution in [0.15, 0.2) is 87.5 Å². The normalized spacial score (nSPS) is 13.6. The molecule has 0 amide bonds. The Hall–Kier alpha value is -1.73. The van der Waals surface area contributed by atoms with Crippen LogP contribution in [-0.4, -0.2) is 0 Å². The summed E-state index contributed by atoms with van der Waals surface area (Å²) in [5, 5.41) is 0. The highest BCUT2D eigenvalue weighted by Gasteiger charge is 2.29. The van der Waals surface area contributed by atoms with Crippen LogP contribution in [0.25, 0.3) is 0 Å². The van der Waals surface area contributed by atoms with Crippen LogP contribution in [0.2, 0.25) is 0 Å². The lowest BCUT2D eigenvalue weighted by Crippen LogP contribution is -2.06. The van der Waals surface area contributed by atoms with Crippen molar-refractivity contribution in [3.63, 3.8) is 0 Å². The van der Waals surface area contributed by atoms with Gasteiger partial charge in [-0.05, 0) is 44.2 Å². The molecule has 2 aromatic carbocycles. The number of aryl methyl sites for hydroxylation is 1. The predicted molar refractivity (Wildman–Crippen MR) is 94.7 cm³/mol. The first-order valence-electron chi connectivity index (χ1n) is 7.44. The highest BCUT2D eigenvalue weighted by atomic mass is 32.2. The van der Waals surface area contributed by atoms with Gasteiger partial charge in [0.2, 0.25) is 0 Å². The molecule has 0 N–H and O–H groups in total. The number of hydrogen-bond donors (Lipinski definition) is 0. The summed E-state index contributed by atoms with van der Waals surface area (Å²) in [6, 6.07) is 19.8. The third-order valence-electron chi connectivity index (χ3n) is 3.32. The number of allylic oxidation sites excluding steroid dienone is 4. The Labute approximate surface area is 131 Å². The van der Waals surface area contributed by atoms with Crippen LogP contribution in [0.4, 0.5) is 0 Å². The SMILES string of the molecule is C/C=C\C=C(/CC)[S+](c1ccccc1)c1ccc(C)cc1. The van der Waals surface area contributed by atoms with Gasteiger partial charge < -0.3 is 0 Å². The lowest BCUT2D eigenvalue weighted by molar-refractivity contribution is 1.18. The summed E-state index contributed by atoms with van der Waals surface area (Å²) in [4.78, 5) is 4.26. The van der Waals surface area contributed by atoms with E-state index in [1.807, 2.05) is 0 Å². The van der Waals surface area contributed by atoms with Gasteiger partial charge >= 0.3 is 0 Å².